The van der Waals surface area contributed by atoms with Gasteiger partial charge in [0.2, 0.25) is 5.91 Å². The molecule has 2 saturated heterocycles. The third-order valence-electron chi connectivity index (χ3n) is 5.79. The molecule has 7 nitrogen and oxygen atoms in total. The zero-order chi connectivity index (χ0) is 20.3. The SMILES string of the molecule is CN(C)C(=O)N1CCC(C(=O)N2CCC(Cc3cccc(C(=O)O)c3)C2)CC1. The number of likely N-dealkylation sites (tertiary alicyclic amines) is 2. The van der Waals surface area contributed by atoms with Gasteiger partial charge in [-0.15, -0.1) is 0 Å². The Hall–Kier alpha value is -2.57. The Morgan fingerprint density at radius 1 is 1.07 bits per heavy atom. The summed E-state index contributed by atoms with van der Waals surface area (Å²) in [6.45, 7) is 2.76. The number of hydrogen-bond donors (Lipinski definition) is 1. The number of carboxylic acids is 1. The van der Waals surface area contributed by atoms with Gasteiger partial charge in [-0.05, 0) is 49.3 Å². The molecule has 1 unspecified atom stereocenters. The fraction of sp³-hybridized carbons (Fsp3) is 0.571. The number of carbonyl (C=O) groups is 3. The van der Waals surface area contributed by atoms with Gasteiger partial charge < -0.3 is 19.8 Å². The molecule has 2 heterocycles. The van der Waals surface area contributed by atoms with Crippen LogP contribution in [-0.2, 0) is 11.2 Å². The number of benzene rings is 1. The highest BCUT2D eigenvalue weighted by atomic mass is 16.4. The third-order valence-corrected chi connectivity index (χ3v) is 5.79. The van der Waals surface area contributed by atoms with Crippen LogP contribution < -0.4 is 0 Å². The Labute approximate surface area is 165 Å². The van der Waals surface area contributed by atoms with Crippen LogP contribution in [0.15, 0.2) is 24.3 Å². The molecule has 2 fully saturated rings. The molecule has 7 heteroatoms. The average Bonchev–Trinajstić information content (AvgIpc) is 3.15. The standard InChI is InChI=1S/C21H29N3O4/c1-22(2)21(28)23-10-7-17(8-11-23)19(25)24-9-6-16(14-24)12-15-4-3-5-18(13-15)20(26)27/h3-5,13,16-17H,6-12,14H2,1-2H3,(H,26,27). The summed E-state index contributed by atoms with van der Waals surface area (Å²) in [5.41, 5.74) is 1.32. The summed E-state index contributed by atoms with van der Waals surface area (Å²) in [5, 5.41) is 9.13. The summed E-state index contributed by atoms with van der Waals surface area (Å²) in [5.74, 6) is -0.341. The number of aromatic carboxylic acids is 1. The largest absolute Gasteiger partial charge is 0.478 e. The van der Waals surface area contributed by atoms with E-state index in [2.05, 4.69) is 0 Å². The first-order chi connectivity index (χ1) is 13.3. The zero-order valence-electron chi connectivity index (χ0n) is 16.6. The number of carbonyl (C=O) groups excluding carboxylic acids is 2. The highest BCUT2D eigenvalue weighted by Crippen LogP contribution is 2.26. The summed E-state index contributed by atoms with van der Waals surface area (Å²) < 4.78 is 0. The van der Waals surface area contributed by atoms with Crippen molar-refractivity contribution >= 4 is 17.9 Å². The monoisotopic (exact) mass is 387 g/mol. The second-order valence-corrected chi connectivity index (χ2v) is 8.09. The number of urea groups is 1. The van der Waals surface area contributed by atoms with E-state index >= 15 is 0 Å². The molecule has 2 aliphatic heterocycles. The Morgan fingerprint density at radius 2 is 1.75 bits per heavy atom. The number of carboxylic acid groups (broad SMARTS) is 1. The molecule has 0 aromatic heterocycles. The van der Waals surface area contributed by atoms with Crippen molar-refractivity contribution < 1.29 is 19.5 Å². The molecule has 0 spiro atoms. The second-order valence-electron chi connectivity index (χ2n) is 8.09. The van der Waals surface area contributed by atoms with Gasteiger partial charge in [0.15, 0.2) is 0 Å². The van der Waals surface area contributed by atoms with Crippen LogP contribution in [-0.4, -0.2) is 78.0 Å². The second kappa shape index (κ2) is 8.63. The summed E-state index contributed by atoms with van der Waals surface area (Å²) >= 11 is 0. The van der Waals surface area contributed by atoms with E-state index in [9.17, 15) is 14.4 Å². The van der Waals surface area contributed by atoms with Crippen molar-refractivity contribution in [1.82, 2.24) is 14.7 Å². The fourth-order valence-electron chi connectivity index (χ4n) is 4.22. The fourth-order valence-corrected chi connectivity index (χ4v) is 4.22. The molecule has 0 saturated carbocycles. The van der Waals surface area contributed by atoms with Gasteiger partial charge in [-0.3, -0.25) is 4.79 Å². The molecule has 1 aromatic rings. The summed E-state index contributed by atoms with van der Waals surface area (Å²) in [6, 6.07) is 7.07. The van der Waals surface area contributed by atoms with Crippen LogP contribution >= 0.6 is 0 Å². The molecule has 2 aliphatic rings. The number of amides is 3. The van der Waals surface area contributed by atoms with Gasteiger partial charge in [-0.25, -0.2) is 9.59 Å². The lowest BCUT2D eigenvalue weighted by Gasteiger charge is -2.34. The molecular formula is C21H29N3O4. The van der Waals surface area contributed by atoms with Crippen molar-refractivity contribution in [3.8, 4) is 0 Å². The van der Waals surface area contributed by atoms with Gasteiger partial charge in [-0.1, -0.05) is 12.1 Å². The first-order valence-corrected chi connectivity index (χ1v) is 9.92. The first-order valence-electron chi connectivity index (χ1n) is 9.92. The van der Waals surface area contributed by atoms with Gasteiger partial charge in [0, 0.05) is 46.2 Å². The number of hydrogen-bond acceptors (Lipinski definition) is 3. The first kappa shape index (κ1) is 20.2. The highest BCUT2D eigenvalue weighted by Gasteiger charge is 2.34. The van der Waals surface area contributed by atoms with Crippen LogP contribution in [0.3, 0.4) is 0 Å². The maximum atomic E-state index is 12.9. The van der Waals surface area contributed by atoms with Crippen molar-refractivity contribution in [2.75, 3.05) is 40.3 Å². The molecule has 1 N–H and O–H groups in total. The molecular weight excluding hydrogens is 358 g/mol. The van der Waals surface area contributed by atoms with E-state index in [1.165, 1.54) is 0 Å². The quantitative estimate of drug-likeness (QED) is 0.859. The van der Waals surface area contributed by atoms with Crippen molar-refractivity contribution in [2.45, 2.75) is 25.7 Å². The van der Waals surface area contributed by atoms with E-state index in [1.807, 2.05) is 15.9 Å². The molecule has 152 valence electrons. The molecule has 3 amide bonds. The van der Waals surface area contributed by atoms with E-state index < -0.39 is 5.97 Å². The zero-order valence-corrected chi connectivity index (χ0v) is 16.6. The van der Waals surface area contributed by atoms with Crippen molar-refractivity contribution in [1.29, 1.82) is 0 Å². The number of rotatable bonds is 4. The lowest BCUT2D eigenvalue weighted by molar-refractivity contribution is -0.135. The highest BCUT2D eigenvalue weighted by molar-refractivity contribution is 5.87. The van der Waals surface area contributed by atoms with Gasteiger partial charge in [0.1, 0.15) is 0 Å². The molecule has 1 atom stereocenters. The summed E-state index contributed by atoms with van der Waals surface area (Å²) in [4.78, 5) is 41.4. The Balaban J connectivity index is 1.50. The third kappa shape index (κ3) is 4.64. The molecule has 0 radical (unpaired) electrons. The minimum Gasteiger partial charge on any atom is -0.478 e. The van der Waals surface area contributed by atoms with E-state index in [0.29, 0.717) is 24.6 Å². The van der Waals surface area contributed by atoms with Crippen LogP contribution in [0, 0.1) is 11.8 Å². The summed E-state index contributed by atoms with van der Waals surface area (Å²) in [7, 11) is 3.49. The van der Waals surface area contributed by atoms with Gasteiger partial charge in [-0.2, -0.15) is 0 Å². The minimum atomic E-state index is -0.913. The van der Waals surface area contributed by atoms with Gasteiger partial charge in [0.05, 0.1) is 5.56 Å². The van der Waals surface area contributed by atoms with Crippen molar-refractivity contribution in [2.24, 2.45) is 11.8 Å². The van der Waals surface area contributed by atoms with Crippen LogP contribution in [0.2, 0.25) is 0 Å². The van der Waals surface area contributed by atoms with Crippen LogP contribution in [0.25, 0.3) is 0 Å². The van der Waals surface area contributed by atoms with Crippen LogP contribution in [0.5, 0.6) is 0 Å². The Morgan fingerprint density at radius 3 is 2.39 bits per heavy atom. The normalized spacial score (nSPS) is 20.3. The smallest absolute Gasteiger partial charge is 0.335 e. The van der Waals surface area contributed by atoms with E-state index in [1.54, 1.807) is 37.2 Å². The Kier molecular flexibility index (Phi) is 6.21. The predicted octanol–water partition coefficient (Wildman–Crippen LogP) is 2.17. The molecule has 0 bridgehead atoms. The van der Waals surface area contributed by atoms with Gasteiger partial charge in [0.25, 0.3) is 0 Å². The predicted molar refractivity (Wildman–Crippen MR) is 105 cm³/mol. The van der Waals surface area contributed by atoms with E-state index in [0.717, 1.165) is 44.3 Å². The average molecular weight is 387 g/mol. The number of nitrogens with zero attached hydrogens (tertiary/aromatic N) is 3. The van der Waals surface area contributed by atoms with E-state index in [4.69, 9.17) is 5.11 Å². The molecule has 3 rings (SSSR count). The van der Waals surface area contributed by atoms with Gasteiger partial charge >= 0.3 is 12.0 Å². The molecule has 28 heavy (non-hydrogen) atoms. The van der Waals surface area contributed by atoms with Crippen molar-refractivity contribution in [3.63, 3.8) is 0 Å². The van der Waals surface area contributed by atoms with E-state index in [-0.39, 0.29) is 17.9 Å². The molecule has 1 aromatic carbocycles. The topological polar surface area (TPSA) is 81.2 Å². The summed E-state index contributed by atoms with van der Waals surface area (Å²) in [6.07, 6.45) is 3.18. The molecule has 0 aliphatic carbocycles. The van der Waals surface area contributed by atoms with Crippen molar-refractivity contribution in [3.05, 3.63) is 35.4 Å². The maximum Gasteiger partial charge on any atom is 0.335 e. The van der Waals surface area contributed by atoms with Crippen LogP contribution in [0.1, 0.15) is 35.2 Å². The lowest BCUT2D eigenvalue weighted by atomic mass is 9.95. The Bertz CT molecular complexity index is 741. The number of piperidine rings is 1. The lowest BCUT2D eigenvalue weighted by Crippen LogP contribution is -2.47. The van der Waals surface area contributed by atoms with Crippen LogP contribution in [0.4, 0.5) is 4.79 Å². The maximum absolute atomic E-state index is 12.9. The minimum absolute atomic E-state index is 0.000278.